The number of imidazole rings is 1. The predicted molar refractivity (Wildman–Crippen MR) is 77.0 cm³/mol. The first-order chi connectivity index (χ1) is 9.44. The molecule has 0 amide bonds. The average Bonchev–Trinajstić information content (AvgIpc) is 2.93. The van der Waals surface area contributed by atoms with E-state index < -0.39 is 0 Å². The lowest BCUT2D eigenvalue weighted by molar-refractivity contribution is -0.0128. The van der Waals surface area contributed by atoms with Crippen molar-refractivity contribution in [1.82, 2.24) is 19.5 Å². The van der Waals surface area contributed by atoms with E-state index >= 15 is 0 Å². The molecule has 0 aromatic carbocycles. The summed E-state index contributed by atoms with van der Waals surface area (Å²) in [7, 11) is 0. The van der Waals surface area contributed by atoms with Crippen LogP contribution in [0.15, 0.2) is 12.7 Å². The van der Waals surface area contributed by atoms with Crippen LogP contribution in [0.1, 0.15) is 46.3 Å². The molecule has 0 aliphatic carbocycles. The maximum atomic E-state index is 6.15. The van der Waals surface area contributed by atoms with Gasteiger partial charge >= 0.3 is 0 Å². The van der Waals surface area contributed by atoms with Crippen molar-refractivity contribution in [2.75, 3.05) is 5.73 Å². The third-order valence-corrected chi connectivity index (χ3v) is 3.62. The van der Waals surface area contributed by atoms with Gasteiger partial charge in [-0.15, -0.1) is 0 Å². The SMILES string of the molecule is CC(C)(C)C[C@@H]1CC[C@H](n2cnc3c(N)ncnc32)O1. The van der Waals surface area contributed by atoms with Crippen molar-refractivity contribution in [3.05, 3.63) is 12.7 Å². The lowest BCUT2D eigenvalue weighted by Gasteiger charge is -2.23. The van der Waals surface area contributed by atoms with Gasteiger partial charge in [-0.05, 0) is 24.7 Å². The van der Waals surface area contributed by atoms with Crippen molar-refractivity contribution in [1.29, 1.82) is 0 Å². The molecule has 108 valence electrons. The molecule has 2 N–H and O–H groups in total. The van der Waals surface area contributed by atoms with Gasteiger partial charge in [-0.1, -0.05) is 20.8 Å². The number of nitrogen functional groups attached to an aromatic ring is 1. The smallest absolute Gasteiger partial charge is 0.167 e. The molecule has 0 radical (unpaired) electrons. The topological polar surface area (TPSA) is 78.9 Å². The highest BCUT2D eigenvalue weighted by Crippen LogP contribution is 2.36. The minimum absolute atomic E-state index is 0.00153. The van der Waals surface area contributed by atoms with E-state index in [1.165, 1.54) is 6.33 Å². The molecule has 2 aromatic heterocycles. The van der Waals surface area contributed by atoms with Gasteiger partial charge in [-0.3, -0.25) is 4.57 Å². The molecular weight excluding hydrogens is 254 g/mol. The van der Waals surface area contributed by atoms with Crippen LogP contribution in [0.4, 0.5) is 5.82 Å². The van der Waals surface area contributed by atoms with E-state index in [2.05, 4.69) is 35.7 Å². The predicted octanol–water partition coefficient (Wildman–Crippen LogP) is 2.52. The van der Waals surface area contributed by atoms with Crippen LogP contribution >= 0.6 is 0 Å². The molecule has 1 aliphatic heterocycles. The Morgan fingerprint density at radius 1 is 1.30 bits per heavy atom. The second-order valence-corrected chi connectivity index (χ2v) is 6.64. The Balaban J connectivity index is 1.82. The molecule has 3 heterocycles. The molecule has 1 saturated heterocycles. The molecule has 0 spiro atoms. The van der Waals surface area contributed by atoms with Crippen molar-refractivity contribution in [3.63, 3.8) is 0 Å². The molecule has 0 bridgehead atoms. The van der Waals surface area contributed by atoms with E-state index in [0.717, 1.165) is 24.9 Å². The average molecular weight is 275 g/mol. The highest BCUT2D eigenvalue weighted by atomic mass is 16.5. The fraction of sp³-hybridized carbons (Fsp3) is 0.643. The second kappa shape index (κ2) is 4.70. The fourth-order valence-corrected chi connectivity index (χ4v) is 2.81. The number of nitrogens with two attached hydrogens (primary N) is 1. The number of hydrogen-bond acceptors (Lipinski definition) is 5. The largest absolute Gasteiger partial charge is 0.382 e. The summed E-state index contributed by atoms with van der Waals surface area (Å²) in [6.07, 6.45) is 6.64. The van der Waals surface area contributed by atoms with Crippen LogP contribution in [0.25, 0.3) is 11.2 Å². The molecule has 0 saturated carbocycles. The summed E-state index contributed by atoms with van der Waals surface area (Å²) in [6.45, 7) is 6.72. The van der Waals surface area contributed by atoms with E-state index in [1.807, 2.05) is 4.57 Å². The van der Waals surface area contributed by atoms with Crippen LogP contribution in [0.3, 0.4) is 0 Å². The Kier molecular flexibility index (Phi) is 3.12. The van der Waals surface area contributed by atoms with Gasteiger partial charge in [0, 0.05) is 0 Å². The Morgan fingerprint density at radius 2 is 2.10 bits per heavy atom. The minimum Gasteiger partial charge on any atom is -0.382 e. The summed E-state index contributed by atoms with van der Waals surface area (Å²) in [5.74, 6) is 0.415. The highest BCUT2D eigenvalue weighted by molar-refractivity contribution is 5.81. The molecule has 0 unspecified atom stereocenters. The van der Waals surface area contributed by atoms with Crippen LogP contribution in [-0.4, -0.2) is 25.6 Å². The highest BCUT2D eigenvalue weighted by Gasteiger charge is 2.30. The lowest BCUT2D eigenvalue weighted by Crippen LogP contribution is -2.18. The van der Waals surface area contributed by atoms with Crippen molar-refractivity contribution >= 4 is 17.0 Å². The number of nitrogens with zero attached hydrogens (tertiary/aromatic N) is 4. The van der Waals surface area contributed by atoms with E-state index in [0.29, 0.717) is 17.4 Å². The molecule has 1 aliphatic rings. The molecule has 3 rings (SSSR count). The summed E-state index contributed by atoms with van der Waals surface area (Å²) >= 11 is 0. The zero-order chi connectivity index (χ0) is 14.3. The Hall–Kier alpha value is -1.69. The Bertz CT molecular complexity index is 616. The maximum absolute atomic E-state index is 6.15. The van der Waals surface area contributed by atoms with Gasteiger partial charge in [0.2, 0.25) is 0 Å². The number of ether oxygens (including phenoxy) is 1. The van der Waals surface area contributed by atoms with Crippen molar-refractivity contribution < 1.29 is 4.74 Å². The van der Waals surface area contributed by atoms with Crippen LogP contribution < -0.4 is 5.73 Å². The van der Waals surface area contributed by atoms with Crippen molar-refractivity contribution in [2.45, 2.75) is 52.4 Å². The van der Waals surface area contributed by atoms with Crippen LogP contribution in [0.2, 0.25) is 0 Å². The van der Waals surface area contributed by atoms with E-state index in [4.69, 9.17) is 10.5 Å². The third-order valence-electron chi connectivity index (χ3n) is 3.62. The standard InChI is InChI=1S/C14H21N5O/c1-14(2,3)6-9-4-5-10(20-9)19-8-18-11-12(15)16-7-17-13(11)19/h7-10H,4-6H2,1-3H3,(H2,15,16,17)/t9-,10+/m0/s1. The summed E-state index contributed by atoms with van der Waals surface area (Å²) < 4.78 is 8.12. The third kappa shape index (κ3) is 2.47. The summed E-state index contributed by atoms with van der Waals surface area (Å²) in [5.41, 5.74) is 7.49. The monoisotopic (exact) mass is 275 g/mol. The Labute approximate surface area is 118 Å². The minimum atomic E-state index is 0.00153. The summed E-state index contributed by atoms with van der Waals surface area (Å²) in [5, 5.41) is 0. The normalized spacial score (nSPS) is 23.6. The summed E-state index contributed by atoms with van der Waals surface area (Å²) in [4.78, 5) is 12.5. The van der Waals surface area contributed by atoms with Crippen molar-refractivity contribution in [2.24, 2.45) is 5.41 Å². The molecular formula is C14H21N5O. The number of rotatable bonds is 2. The van der Waals surface area contributed by atoms with Crippen LogP contribution in [0, 0.1) is 5.41 Å². The molecule has 1 fully saturated rings. The van der Waals surface area contributed by atoms with Crippen LogP contribution in [0.5, 0.6) is 0 Å². The summed E-state index contributed by atoms with van der Waals surface area (Å²) in [6, 6.07) is 0. The van der Waals surface area contributed by atoms with E-state index in [9.17, 15) is 0 Å². The van der Waals surface area contributed by atoms with Gasteiger partial charge in [0.05, 0.1) is 12.4 Å². The maximum Gasteiger partial charge on any atom is 0.167 e. The van der Waals surface area contributed by atoms with Gasteiger partial charge in [0.15, 0.2) is 11.5 Å². The number of aromatic nitrogens is 4. The quantitative estimate of drug-likeness (QED) is 0.911. The van der Waals surface area contributed by atoms with E-state index in [-0.39, 0.29) is 11.6 Å². The number of hydrogen-bond donors (Lipinski definition) is 1. The lowest BCUT2D eigenvalue weighted by atomic mass is 9.88. The second-order valence-electron chi connectivity index (χ2n) is 6.64. The first-order valence-corrected chi connectivity index (χ1v) is 7.02. The zero-order valence-corrected chi connectivity index (χ0v) is 12.2. The van der Waals surface area contributed by atoms with Gasteiger partial charge in [0.1, 0.15) is 18.1 Å². The number of anilines is 1. The van der Waals surface area contributed by atoms with Gasteiger partial charge in [0.25, 0.3) is 0 Å². The molecule has 2 aromatic rings. The molecule has 6 nitrogen and oxygen atoms in total. The van der Waals surface area contributed by atoms with Crippen molar-refractivity contribution in [3.8, 4) is 0 Å². The first-order valence-electron chi connectivity index (χ1n) is 7.02. The van der Waals surface area contributed by atoms with Gasteiger partial charge in [-0.25, -0.2) is 15.0 Å². The molecule has 20 heavy (non-hydrogen) atoms. The van der Waals surface area contributed by atoms with E-state index in [1.54, 1.807) is 6.33 Å². The molecule has 6 heteroatoms. The van der Waals surface area contributed by atoms with Crippen LogP contribution in [-0.2, 0) is 4.74 Å². The van der Waals surface area contributed by atoms with Gasteiger partial charge < -0.3 is 10.5 Å². The number of fused-ring (bicyclic) bond motifs is 1. The fourth-order valence-electron chi connectivity index (χ4n) is 2.81. The molecule has 2 atom stereocenters. The first kappa shape index (κ1) is 13.3. The van der Waals surface area contributed by atoms with Gasteiger partial charge in [-0.2, -0.15) is 0 Å². The Morgan fingerprint density at radius 3 is 2.85 bits per heavy atom. The zero-order valence-electron chi connectivity index (χ0n) is 12.2.